The van der Waals surface area contributed by atoms with Crippen molar-refractivity contribution in [1.29, 1.82) is 0 Å². The lowest BCUT2D eigenvalue weighted by Crippen LogP contribution is -2.44. The Morgan fingerprint density at radius 2 is 2.00 bits per heavy atom. The average molecular weight is 475 g/mol. The molecule has 2 aromatic carbocycles. The molecule has 1 aromatic heterocycles. The SMILES string of the molecule is COc1ccc2nccc(C(O)CC[C@@H]3CCN(C[C@@H]4C[C@H]4c4ccccc4)C[C@@H]3C(=O)O)c2c1. The average Bonchev–Trinajstić information content (AvgIpc) is 3.66. The lowest BCUT2D eigenvalue weighted by molar-refractivity contribution is -0.146. The third-order valence-corrected chi connectivity index (χ3v) is 7.95. The number of aliphatic carboxylic acids is 1. The first-order valence-corrected chi connectivity index (χ1v) is 12.6. The van der Waals surface area contributed by atoms with Gasteiger partial charge < -0.3 is 19.8 Å². The third-order valence-electron chi connectivity index (χ3n) is 7.95. The molecule has 2 fully saturated rings. The third kappa shape index (κ3) is 5.34. The molecular formula is C29H34N2O4. The Morgan fingerprint density at radius 1 is 1.17 bits per heavy atom. The van der Waals surface area contributed by atoms with Crippen LogP contribution in [0.25, 0.3) is 10.9 Å². The second-order valence-corrected chi connectivity index (χ2v) is 10.1. The van der Waals surface area contributed by atoms with Crippen molar-refractivity contribution in [3.8, 4) is 5.75 Å². The number of aliphatic hydroxyl groups is 1. The number of aromatic nitrogens is 1. The van der Waals surface area contributed by atoms with Crippen molar-refractivity contribution in [2.24, 2.45) is 17.8 Å². The van der Waals surface area contributed by atoms with E-state index in [1.165, 1.54) is 12.0 Å². The fraction of sp³-hybridized carbons (Fsp3) is 0.448. The van der Waals surface area contributed by atoms with E-state index < -0.39 is 12.1 Å². The Kier molecular flexibility index (Phi) is 7.02. The fourth-order valence-corrected chi connectivity index (χ4v) is 5.84. The van der Waals surface area contributed by atoms with E-state index in [0.29, 0.717) is 31.2 Å². The Morgan fingerprint density at radius 3 is 2.77 bits per heavy atom. The largest absolute Gasteiger partial charge is 0.497 e. The number of ether oxygens (including phenoxy) is 1. The van der Waals surface area contributed by atoms with Crippen LogP contribution in [0.1, 0.15) is 48.8 Å². The molecule has 3 aromatic rings. The van der Waals surface area contributed by atoms with Gasteiger partial charge in [0.15, 0.2) is 0 Å². The van der Waals surface area contributed by atoms with E-state index in [4.69, 9.17) is 4.74 Å². The second kappa shape index (κ2) is 10.3. The molecule has 0 amide bonds. The van der Waals surface area contributed by atoms with Crippen LogP contribution in [0, 0.1) is 17.8 Å². The molecule has 1 aliphatic heterocycles. The molecule has 5 rings (SSSR count). The molecule has 5 atom stereocenters. The molecule has 2 aliphatic rings. The van der Waals surface area contributed by atoms with Gasteiger partial charge in [-0.3, -0.25) is 9.78 Å². The van der Waals surface area contributed by atoms with Crippen molar-refractivity contribution in [1.82, 2.24) is 9.88 Å². The van der Waals surface area contributed by atoms with Crippen LogP contribution < -0.4 is 4.74 Å². The molecule has 0 radical (unpaired) electrons. The van der Waals surface area contributed by atoms with Crippen molar-refractivity contribution in [2.45, 2.75) is 37.7 Å². The van der Waals surface area contributed by atoms with Crippen LogP contribution in [-0.4, -0.2) is 52.8 Å². The van der Waals surface area contributed by atoms with Gasteiger partial charge in [0.05, 0.1) is 24.6 Å². The molecule has 1 saturated heterocycles. The van der Waals surface area contributed by atoms with Gasteiger partial charge in [-0.25, -0.2) is 0 Å². The number of rotatable bonds is 9. The lowest BCUT2D eigenvalue weighted by Gasteiger charge is -2.37. The molecule has 184 valence electrons. The quantitative estimate of drug-likeness (QED) is 0.460. The Labute approximate surface area is 206 Å². The predicted molar refractivity (Wildman–Crippen MR) is 135 cm³/mol. The van der Waals surface area contributed by atoms with E-state index in [0.717, 1.165) is 41.7 Å². The highest BCUT2D eigenvalue weighted by Gasteiger charge is 2.41. The van der Waals surface area contributed by atoms with Gasteiger partial charge >= 0.3 is 5.97 Å². The summed E-state index contributed by atoms with van der Waals surface area (Å²) in [5.74, 6) is 0.929. The number of fused-ring (bicyclic) bond motifs is 1. The number of benzene rings is 2. The number of hydrogen-bond donors (Lipinski definition) is 2. The van der Waals surface area contributed by atoms with E-state index >= 15 is 0 Å². The first-order chi connectivity index (χ1) is 17.0. The summed E-state index contributed by atoms with van der Waals surface area (Å²) in [5.41, 5.74) is 3.03. The number of piperidine rings is 1. The van der Waals surface area contributed by atoms with E-state index in [1.54, 1.807) is 13.3 Å². The minimum Gasteiger partial charge on any atom is -0.497 e. The topological polar surface area (TPSA) is 82.9 Å². The van der Waals surface area contributed by atoms with E-state index in [2.05, 4.69) is 34.1 Å². The summed E-state index contributed by atoms with van der Waals surface area (Å²) in [4.78, 5) is 18.9. The van der Waals surface area contributed by atoms with Crippen molar-refractivity contribution in [3.05, 3.63) is 71.9 Å². The summed E-state index contributed by atoms with van der Waals surface area (Å²) in [7, 11) is 1.62. The predicted octanol–water partition coefficient (Wildman–Crippen LogP) is 4.88. The summed E-state index contributed by atoms with van der Waals surface area (Å²) < 4.78 is 5.35. The van der Waals surface area contributed by atoms with Gasteiger partial charge in [-0.2, -0.15) is 0 Å². The molecule has 1 unspecified atom stereocenters. The number of methoxy groups -OCH3 is 1. The highest BCUT2D eigenvalue weighted by molar-refractivity contribution is 5.83. The molecule has 1 aliphatic carbocycles. The van der Waals surface area contributed by atoms with Crippen molar-refractivity contribution in [3.63, 3.8) is 0 Å². The van der Waals surface area contributed by atoms with Crippen molar-refractivity contribution >= 4 is 16.9 Å². The lowest BCUT2D eigenvalue weighted by atomic mass is 9.81. The van der Waals surface area contributed by atoms with E-state index in [-0.39, 0.29) is 11.8 Å². The fourth-order valence-electron chi connectivity index (χ4n) is 5.84. The van der Waals surface area contributed by atoms with E-state index in [9.17, 15) is 15.0 Å². The minimum absolute atomic E-state index is 0.0742. The maximum absolute atomic E-state index is 12.1. The zero-order valence-corrected chi connectivity index (χ0v) is 20.2. The molecule has 0 bridgehead atoms. The van der Waals surface area contributed by atoms with Gasteiger partial charge in [-0.05, 0) is 85.4 Å². The molecule has 2 N–H and O–H groups in total. The van der Waals surface area contributed by atoms with Gasteiger partial charge in [0.2, 0.25) is 0 Å². The van der Waals surface area contributed by atoms with Crippen LogP contribution in [0.4, 0.5) is 0 Å². The van der Waals surface area contributed by atoms with Crippen LogP contribution >= 0.6 is 0 Å². The molecule has 6 heteroatoms. The molecule has 6 nitrogen and oxygen atoms in total. The highest BCUT2D eigenvalue weighted by Crippen LogP contribution is 2.48. The Balaban J connectivity index is 1.19. The molecule has 1 saturated carbocycles. The second-order valence-electron chi connectivity index (χ2n) is 10.1. The monoisotopic (exact) mass is 474 g/mol. The van der Waals surface area contributed by atoms with Gasteiger partial charge in [0.25, 0.3) is 0 Å². The van der Waals surface area contributed by atoms with Crippen LogP contribution in [0.2, 0.25) is 0 Å². The first-order valence-electron chi connectivity index (χ1n) is 12.6. The number of hydrogen-bond acceptors (Lipinski definition) is 5. The summed E-state index contributed by atoms with van der Waals surface area (Å²) in [5, 5.41) is 21.9. The zero-order chi connectivity index (χ0) is 24.4. The number of likely N-dealkylation sites (tertiary alicyclic amines) is 1. The summed E-state index contributed by atoms with van der Waals surface area (Å²) in [6.45, 7) is 2.50. The van der Waals surface area contributed by atoms with Crippen LogP contribution in [0.3, 0.4) is 0 Å². The standard InChI is InChI=1S/C29H34N2O4/c1-35-22-8-9-27-25(16-22)23(11-13-30-27)28(32)10-7-20-12-14-31(18-26(20)29(33)34)17-21-15-24(21)19-5-3-2-4-6-19/h2-6,8-9,11,13,16,20-21,24,26,28,32H,7,10,12,14-15,17-18H2,1H3,(H,33,34)/t20-,21+,24+,26+,28?/m1/s1. The number of nitrogens with zero attached hydrogens (tertiary/aromatic N) is 2. The van der Waals surface area contributed by atoms with Crippen LogP contribution in [0.15, 0.2) is 60.8 Å². The molecular weight excluding hydrogens is 440 g/mol. The van der Waals surface area contributed by atoms with Crippen LogP contribution in [-0.2, 0) is 4.79 Å². The highest BCUT2D eigenvalue weighted by atomic mass is 16.5. The molecule has 35 heavy (non-hydrogen) atoms. The number of carboxylic acids is 1. The molecule has 2 heterocycles. The number of carbonyl (C=O) groups is 1. The maximum Gasteiger partial charge on any atom is 0.308 e. The summed E-state index contributed by atoms with van der Waals surface area (Å²) in [6.07, 6.45) is 4.32. The van der Waals surface area contributed by atoms with Crippen molar-refractivity contribution < 1.29 is 19.7 Å². The van der Waals surface area contributed by atoms with E-state index in [1.807, 2.05) is 30.3 Å². The van der Waals surface area contributed by atoms with Gasteiger partial charge in [-0.15, -0.1) is 0 Å². The van der Waals surface area contributed by atoms with Gasteiger partial charge in [0.1, 0.15) is 5.75 Å². The Hall–Kier alpha value is -2.96. The number of aliphatic hydroxyl groups excluding tert-OH is 1. The number of carboxylic acid groups (broad SMARTS) is 1. The normalized spacial score (nSPS) is 25.3. The van der Waals surface area contributed by atoms with Crippen molar-refractivity contribution in [2.75, 3.05) is 26.7 Å². The first kappa shape index (κ1) is 23.8. The van der Waals surface area contributed by atoms with Crippen LogP contribution in [0.5, 0.6) is 5.75 Å². The summed E-state index contributed by atoms with van der Waals surface area (Å²) >= 11 is 0. The maximum atomic E-state index is 12.1. The summed E-state index contributed by atoms with van der Waals surface area (Å²) in [6, 6.07) is 18.1. The smallest absolute Gasteiger partial charge is 0.308 e. The zero-order valence-electron chi connectivity index (χ0n) is 20.2. The van der Waals surface area contributed by atoms with Gasteiger partial charge in [-0.1, -0.05) is 30.3 Å². The number of pyridine rings is 1. The van der Waals surface area contributed by atoms with Gasteiger partial charge in [0, 0.05) is 24.7 Å². The Bertz CT molecular complexity index is 1170. The molecule has 0 spiro atoms. The minimum atomic E-state index is -0.719.